The third-order valence-corrected chi connectivity index (χ3v) is 2.25. The Morgan fingerprint density at radius 2 is 2.13 bits per heavy atom. The lowest BCUT2D eigenvalue weighted by molar-refractivity contribution is 0.0599. The van der Waals surface area contributed by atoms with Gasteiger partial charge in [0.15, 0.2) is 0 Å². The summed E-state index contributed by atoms with van der Waals surface area (Å²) in [6.07, 6.45) is 0.979. The SMILES string of the molecule is COC(=O)c1ccccc1CC[C@H](C)O. The molecule has 1 rings (SSSR count). The topological polar surface area (TPSA) is 46.5 Å². The molecular formula is C12H16O3. The fourth-order valence-electron chi connectivity index (χ4n) is 1.41. The second kappa shape index (κ2) is 5.51. The summed E-state index contributed by atoms with van der Waals surface area (Å²) >= 11 is 0. The average Bonchev–Trinajstić information content (AvgIpc) is 2.25. The van der Waals surface area contributed by atoms with Crippen molar-refractivity contribution in [2.45, 2.75) is 25.9 Å². The Hall–Kier alpha value is -1.35. The number of carbonyl (C=O) groups excluding carboxylic acids is 1. The summed E-state index contributed by atoms with van der Waals surface area (Å²) in [5.74, 6) is -0.323. The van der Waals surface area contributed by atoms with Crippen LogP contribution in [0.2, 0.25) is 0 Å². The summed E-state index contributed by atoms with van der Waals surface area (Å²) in [6.45, 7) is 1.74. The lowest BCUT2D eigenvalue weighted by Crippen LogP contribution is -2.08. The van der Waals surface area contributed by atoms with Crippen LogP contribution in [0.3, 0.4) is 0 Å². The third-order valence-electron chi connectivity index (χ3n) is 2.25. The van der Waals surface area contributed by atoms with Gasteiger partial charge in [-0.15, -0.1) is 0 Å². The number of ether oxygens (including phenoxy) is 1. The summed E-state index contributed by atoms with van der Waals surface area (Å²) in [7, 11) is 1.37. The third kappa shape index (κ3) is 3.36. The highest BCUT2D eigenvalue weighted by Gasteiger charge is 2.10. The fraction of sp³-hybridized carbons (Fsp3) is 0.417. The molecular weight excluding hydrogens is 192 g/mol. The molecule has 0 spiro atoms. The van der Waals surface area contributed by atoms with Gasteiger partial charge in [-0.2, -0.15) is 0 Å². The predicted octanol–water partition coefficient (Wildman–Crippen LogP) is 1.79. The number of aryl methyl sites for hydroxylation is 1. The molecule has 0 aliphatic heterocycles. The molecule has 3 nitrogen and oxygen atoms in total. The van der Waals surface area contributed by atoms with Crippen molar-refractivity contribution in [2.24, 2.45) is 0 Å². The summed E-state index contributed by atoms with van der Waals surface area (Å²) in [6, 6.07) is 7.31. The number of hydrogen-bond acceptors (Lipinski definition) is 3. The summed E-state index contributed by atoms with van der Waals surface area (Å²) < 4.78 is 4.68. The Bertz CT molecular complexity index is 331. The predicted molar refractivity (Wildman–Crippen MR) is 57.8 cm³/mol. The maximum absolute atomic E-state index is 11.4. The van der Waals surface area contributed by atoms with Crippen LogP contribution in [0.4, 0.5) is 0 Å². The Labute approximate surface area is 89.7 Å². The van der Waals surface area contributed by atoms with Gasteiger partial charge in [-0.05, 0) is 31.4 Å². The van der Waals surface area contributed by atoms with E-state index in [1.54, 1.807) is 19.1 Å². The van der Waals surface area contributed by atoms with E-state index in [9.17, 15) is 9.90 Å². The van der Waals surface area contributed by atoms with Crippen molar-refractivity contribution in [1.29, 1.82) is 0 Å². The smallest absolute Gasteiger partial charge is 0.338 e. The second-order valence-corrected chi connectivity index (χ2v) is 3.54. The Morgan fingerprint density at radius 1 is 1.47 bits per heavy atom. The number of aliphatic hydroxyl groups excluding tert-OH is 1. The highest BCUT2D eigenvalue weighted by Crippen LogP contribution is 2.13. The maximum Gasteiger partial charge on any atom is 0.338 e. The first kappa shape index (κ1) is 11.7. The van der Waals surface area contributed by atoms with Gasteiger partial charge in [0.2, 0.25) is 0 Å². The van der Waals surface area contributed by atoms with Crippen molar-refractivity contribution in [3.05, 3.63) is 35.4 Å². The van der Waals surface area contributed by atoms with Crippen LogP contribution in [0.15, 0.2) is 24.3 Å². The first-order chi connectivity index (χ1) is 7.15. The normalized spacial score (nSPS) is 12.2. The van der Waals surface area contributed by atoms with Gasteiger partial charge >= 0.3 is 5.97 Å². The van der Waals surface area contributed by atoms with E-state index in [1.807, 2.05) is 12.1 Å². The molecule has 0 unspecified atom stereocenters. The molecule has 1 aromatic carbocycles. The zero-order valence-corrected chi connectivity index (χ0v) is 9.06. The number of rotatable bonds is 4. The summed E-state index contributed by atoms with van der Waals surface area (Å²) in [5.41, 5.74) is 1.51. The Balaban J connectivity index is 2.81. The van der Waals surface area contributed by atoms with Gasteiger partial charge in [-0.1, -0.05) is 18.2 Å². The fourth-order valence-corrected chi connectivity index (χ4v) is 1.41. The molecule has 0 aliphatic rings. The van der Waals surface area contributed by atoms with E-state index in [0.29, 0.717) is 18.4 Å². The number of carbonyl (C=O) groups is 1. The van der Waals surface area contributed by atoms with Crippen molar-refractivity contribution in [2.75, 3.05) is 7.11 Å². The van der Waals surface area contributed by atoms with E-state index in [1.165, 1.54) is 7.11 Å². The van der Waals surface area contributed by atoms with E-state index >= 15 is 0 Å². The van der Waals surface area contributed by atoms with Gasteiger partial charge in [-0.25, -0.2) is 4.79 Å². The van der Waals surface area contributed by atoms with Crippen LogP contribution in [0.5, 0.6) is 0 Å². The van der Waals surface area contributed by atoms with Crippen LogP contribution < -0.4 is 0 Å². The van der Waals surface area contributed by atoms with Crippen molar-refractivity contribution >= 4 is 5.97 Å². The van der Waals surface area contributed by atoms with Crippen LogP contribution >= 0.6 is 0 Å². The summed E-state index contributed by atoms with van der Waals surface area (Å²) in [4.78, 5) is 11.4. The summed E-state index contributed by atoms with van der Waals surface area (Å²) in [5, 5.41) is 9.18. The van der Waals surface area contributed by atoms with Gasteiger partial charge in [-0.3, -0.25) is 0 Å². The number of hydrogen-bond donors (Lipinski definition) is 1. The van der Waals surface area contributed by atoms with E-state index in [0.717, 1.165) is 5.56 Å². The minimum Gasteiger partial charge on any atom is -0.465 e. The molecule has 0 aromatic heterocycles. The quantitative estimate of drug-likeness (QED) is 0.767. The van der Waals surface area contributed by atoms with Gasteiger partial charge in [0.1, 0.15) is 0 Å². The lowest BCUT2D eigenvalue weighted by atomic mass is 10.0. The van der Waals surface area contributed by atoms with Gasteiger partial charge in [0, 0.05) is 0 Å². The molecule has 0 bridgehead atoms. The highest BCUT2D eigenvalue weighted by atomic mass is 16.5. The monoisotopic (exact) mass is 208 g/mol. The maximum atomic E-state index is 11.4. The molecule has 82 valence electrons. The molecule has 0 amide bonds. The zero-order chi connectivity index (χ0) is 11.3. The standard InChI is InChI=1S/C12H16O3/c1-9(13)7-8-10-5-3-4-6-11(10)12(14)15-2/h3-6,9,13H,7-8H2,1-2H3/t9-/m0/s1. The molecule has 0 heterocycles. The van der Waals surface area contributed by atoms with E-state index in [-0.39, 0.29) is 12.1 Å². The minimum atomic E-state index is -0.351. The Kier molecular flexibility index (Phi) is 4.31. The van der Waals surface area contributed by atoms with E-state index < -0.39 is 0 Å². The molecule has 0 fully saturated rings. The number of aliphatic hydroxyl groups is 1. The van der Waals surface area contributed by atoms with Crippen LogP contribution in [0.25, 0.3) is 0 Å². The van der Waals surface area contributed by atoms with Crippen LogP contribution in [-0.2, 0) is 11.2 Å². The number of benzene rings is 1. The molecule has 0 saturated heterocycles. The van der Waals surface area contributed by atoms with E-state index in [2.05, 4.69) is 4.74 Å². The molecule has 15 heavy (non-hydrogen) atoms. The lowest BCUT2D eigenvalue weighted by Gasteiger charge is -2.08. The van der Waals surface area contributed by atoms with Crippen LogP contribution in [0.1, 0.15) is 29.3 Å². The first-order valence-corrected chi connectivity index (χ1v) is 4.99. The molecule has 1 aromatic rings. The van der Waals surface area contributed by atoms with Crippen molar-refractivity contribution < 1.29 is 14.6 Å². The number of methoxy groups -OCH3 is 1. The van der Waals surface area contributed by atoms with Gasteiger partial charge in [0.25, 0.3) is 0 Å². The molecule has 0 aliphatic carbocycles. The minimum absolute atomic E-state index is 0.323. The average molecular weight is 208 g/mol. The molecule has 0 radical (unpaired) electrons. The largest absolute Gasteiger partial charge is 0.465 e. The highest BCUT2D eigenvalue weighted by molar-refractivity contribution is 5.90. The molecule has 1 atom stereocenters. The molecule has 0 saturated carbocycles. The van der Waals surface area contributed by atoms with Crippen molar-refractivity contribution in [3.63, 3.8) is 0 Å². The number of esters is 1. The Morgan fingerprint density at radius 3 is 2.73 bits per heavy atom. The zero-order valence-electron chi connectivity index (χ0n) is 9.06. The molecule has 1 N–H and O–H groups in total. The van der Waals surface area contributed by atoms with Gasteiger partial charge < -0.3 is 9.84 Å². The van der Waals surface area contributed by atoms with Gasteiger partial charge in [0.05, 0.1) is 18.8 Å². The van der Waals surface area contributed by atoms with Crippen molar-refractivity contribution in [3.8, 4) is 0 Å². The van der Waals surface area contributed by atoms with E-state index in [4.69, 9.17) is 0 Å². The van der Waals surface area contributed by atoms with Crippen LogP contribution in [0, 0.1) is 0 Å². The first-order valence-electron chi connectivity index (χ1n) is 4.99. The second-order valence-electron chi connectivity index (χ2n) is 3.54. The molecule has 3 heteroatoms. The van der Waals surface area contributed by atoms with Crippen molar-refractivity contribution in [1.82, 2.24) is 0 Å². The van der Waals surface area contributed by atoms with Crippen LogP contribution in [-0.4, -0.2) is 24.3 Å².